The van der Waals surface area contributed by atoms with E-state index in [1.807, 2.05) is 18.2 Å². The van der Waals surface area contributed by atoms with E-state index in [-0.39, 0.29) is 0 Å². The van der Waals surface area contributed by atoms with E-state index in [0.29, 0.717) is 0 Å². The van der Waals surface area contributed by atoms with E-state index in [1.165, 1.54) is 5.56 Å². The summed E-state index contributed by atoms with van der Waals surface area (Å²) in [6, 6.07) is 5.98. The minimum Gasteiger partial charge on any atom is -0.497 e. The molecule has 1 aromatic carbocycles. The summed E-state index contributed by atoms with van der Waals surface area (Å²) in [6.07, 6.45) is 1.02. The standard InChI is InChI=1S/C9H12OS/c1-3-7-4-8(10-2)6-9(11)5-7/h4-6,11H,3H2,1-2H3. The predicted octanol–water partition coefficient (Wildman–Crippen LogP) is 2.55. The molecule has 0 spiro atoms. The number of benzene rings is 1. The van der Waals surface area contributed by atoms with Gasteiger partial charge in [0, 0.05) is 4.90 Å². The Bertz CT molecular complexity index is 223. The Morgan fingerprint density at radius 1 is 1.36 bits per heavy atom. The van der Waals surface area contributed by atoms with Crippen molar-refractivity contribution in [2.45, 2.75) is 18.2 Å². The summed E-state index contributed by atoms with van der Waals surface area (Å²) in [5.41, 5.74) is 1.26. The Hall–Kier alpha value is -0.630. The van der Waals surface area contributed by atoms with Crippen LogP contribution in [-0.2, 0) is 6.42 Å². The van der Waals surface area contributed by atoms with Crippen LogP contribution in [0.3, 0.4) is 0 Å². The van der Waals surface area contributed by atoms with Gasteiger partial charge in [0.1, 0.15) is 5.75 Å². The van der Waals surface area contributed by atoms with Crippen LogP contribution in [0.4, 0.5) is 0 Å². The van der Waals surface area contributed by atoms with Crippen LogP contribution in [0.25, 0.3) is 0 Å². The largest absolute Gasteiger partial charge is 0.497 e. The highest BCUT2D eigenvalue weighted by molar-refractivity contribution is 7.80. The van der Waals surface area contributed by atoms with Crippen molar-refractivity contribution in [3.63, 3.8) is 0 Å². The Kier molecular flexibility index (Phi) is 2.83. The maximum absolute atomic E-state index is 5.09. The van der Waals surface area contributed by atoms with Gasteiger partial charge in [0.2, 0.25) is 0 Å². The number of rotatable bonds is 2. The fraction of sp³-hybridized carbons (Fsp3) is 0.333. The number of aryl methyl sites for hydroxylation is 1. The zero-order valence-electron chi connectivity index (χ0n) is 6.79. The summed E-state index contributed by atoms with van der Waals surface area (Å²) in [6.45, 7) is 2.11. The summed E-state index contributed by atoms with van der Waals surface area (Å²) in [5, 5.41) is 0. The maximum Gasteiger partial charge on any atom is 0.120 e. The predicted molar refractivity (Wildman–Crippen MR) is 49.6 cm³/mol. The van der Waals surface area contributed by atoms with Crippen molar-refractivity contribution in [2.75, 3.05) is 7.11 Å². The molecule has 0 N–H and O–H groups in total. The van der Waals surface area contributed by atoms with Crippen molar-refractivity contribution in [1.29, 1.82) is 0 Å². The third-order valence-corrected chi connectivity index (χ3v) is 1.85. The number of ether oxygens (including phenoxy) is 1. The molecule has 0 aromatic heterocycles. The molecule has 60 valence electrons. The molecule has 0 saturated carbocycles. The van der Waals surface area contributed by atoms with Crippen molar-refractivity contribution in [2.24, 2.45) is 0 Å². The number of thiol groups is 1. The average Bonchev–Trinajstić information content (AvgIpc) is 2.03. The van der Waals surface area contributed by atoms with E-state index < -0.39 is 0 Å². The summed E-state index contributed by atoms with van der Waals surface area (Å²) in [7, 11) is 1.67. The lowest BCUT2D eigenvalue weighted by atomic mass is 10.2. The Labute approximate surface area is 72.8 Å². The van der Waals surface area contributed by atoms with Gasteiger partial charge in [-0.2, -0.15) is 0 Å². The first-order valence-corrected chi connectivity index (χ1v) is 4.08. The van der Waals surface area contributed by atoms with Gasteiger partial charge in [-0.3, -0.25) is 0 Å². The van der Waals surface area contributed by atoms with E-state index in [4.69, 9.17) is 4.74 Å². The van der Waals surface area contributed by atoms with Gasteiger partial charge in [-0.1, -0.05) is 6.92 Å². The topological polar surface area (TPSA) is 9.23 Å². The Morgan fingerprint density at radius 2 is 2.09 bits per heavy atom. The van der Waals surface area contributed by atoms with Crippen LogP contribution in [0.5, 0.6) is 5.75 Å². The highest BCUT2D eigenvalue weighted by Gasteiger charge is 1.95. The number of hydrogen-bond acceptors (Lipinski definition) is 2. The SMILES string of the molecule is CCc1cc(S)cc(OC)c1. The van der Waals surface area contributed by atoms with Crippen molar-refractivity contribution in [1.82, 2.24) is 0 Å². The van der Waals surface area contributed by atoms with Crippen LogP contribution in [0.2, 0.25) is 0 Å². The summed E-state index contributed by atoms with van der Waals surface area (Å²) >= 11 is 4.25. The molecule has 0 unspecified atom stereocenters. The molecule has 0 atom stereocenters. The lowest BCUT2D eigenvalue weighted by molar-refractivity contribution is 0.413. The summed E-state index contributed by atoms with van der Waals surface area (Å²) < 4.78 is 5.09. The van der Waals surface area contributed by atoms with Gasteiger partial charge in [0.05, 0.1) is 7.11 Å². The van der Waals surface area contributed by atoms with Crippen LogP contribution in [-0.4, -0.2) is 7.11 Å². The molecule has 1 rings (SSSR count). The van der Waals surface area contributed by atoms with Crippen LogP contribution < -0.4 is 4.74 Å². The second kappa shape index (κ2) is 3.67. The van der Waals surface area contributed by atoms with Crippen molar-refractivity contribution < 1.29 is 4.74 Å². The monoisotopic (exact) mass is 168 g/mol. The lowest BCUT2D eigenvalue weighted by Crippen LogP contribution is -1.86. The lowest BCUT2D eigenvalue weighted by Gasteiger charge is -2.03. The molecule has 0 bridgehead atoms. The highest BCUT2D eigenvalue weighted by atomic mass is 32.1. The fourth-order valence-electron chi connectivity index (χ4n) is 0.965. The van der Waals surface area contributed by atoms with E-state index in [0.717, 1.165) is 17.1 Å². The molecular weight excluding hydrogens is 156 g/mol. The summed E-state index contributed by atoms with van der Waals surface area (Å²) in [4.78, 5) is 0.959. The van der Waals surface area contributed by atoms with E-state index in [2.05, 4.69) is 19.6 Å². The molecule has 1 nitrogen and oxygen atoms in total. The van der Waals surface area contributed by atoms with E-state index in [1.54, 1.807) is 7.11 Å². The summed E-state index contributed by atoms with van der Waals surface area (Å²) in [5.74, 6) is 0.884. The van der Waals surface area contributed by atoms with Crippen LogP contribution >= 0.6 is 12.6 Å². The molecule has 0 aliphatic carbocycles. The minimum absolute atomic E-state index is 0.884. The first kappa shape index (κ1) is 8.47. The van der Waals surface area contributed by atoms with Gasteiger partial charge >= 0.3 is 0 Å². The van der Waals surface area contributed by atoms with E-state index in [9.17, 15) is 0 Å². The van der Waals surface area contributed by atoms with Crippen LogP contribution in [0.1, 0.15) is 12.5 Å². The van der Waals surface area contributed by atoms with Crippen molar-refractivity contribution in [3.05, 3.63) is 23.8 Å². The van der Waals surface area contributed by atoms with Crippen molar-refractivity contribution in [3.8, 4) is 5.75 Å². The maximum atomic E-state index is 5.09. The zero-order chi connectivity index (χ0) is 8.27. The van der Waals surface area contributed by atoms with Crippen LogP contribution in [0, 0.1) is 0 Å². The third kappa shape index (κ3) is 2.15. The minimum atomic E-state index is 0.884. The van der Waals surface area contributed by atoms with Crippen LogP contribution in [0.15, 0.2) is 23.1 Å². The van der Waals surface area contributed by atoms with Gasteiger partial charge in [-0.05, 0) is 30.2 Å². The highest BCUT2D eigenvalue weighted by Crippen LogP contribution is 2.19. The molecule has 0 radical (unpaired) electrons. The number of hydrogen-bond donors (Lipinski definition) is 1. The molecule has 1 aromatic rings. The average molecular weight is 168 g/mol. The molecule has 0 aliphatic rings. The van der Waals surface area contributed by atoms with Gasteiger partial charge in [0.25, 0.3) is 0 Å². The second-order valence-electron chi connectivity index (χ2n) is 2.39. The first-order chi connectivity index (χ1) is 5.26. The molecule has 0 fully saturated rings. The molecule has 0 heterocycles. The normalized spacial score (nSPS) is 9.73. The smallest absolute Gasteiger partial charge is 0.120 e. The van der Waals surface area contributed by atoms with Gasteiger partial charge < -0.3 is 4.74 Å². The second-order valence-corrected chi connectivity index (χ2v) is 2.91. The molecule has 11 heavy (non-hydrogen) atoms. The first-order valence-electron chi connectivity index (χ1n) is 3.63. The number of methoxy groups -OCH3 is 1. The molecular formula is C9H12OS. The van der Waals surface area contributed by atoms with Gasteiger partial charge in [-0.25, -0.2) is 0 Å². The molecule has 2 heteroatoms. The Balaban J connectivity index is 3.02. The quantitative estimate of drug-likeness (QED) is 0.668. The molecule has 0 aliphatic heterocycles. The Morgan fingerprint density at radius 3 is 2.64 bits per heavy atom. The van der Waals surface area contributed by atoms with Gasteiger partial charge in [-0.15, -0.1) is 12.6 Å². The van der Waals surface area contributed by atoms with E-state index >= 15 is 0 Å². The molecule has 0 amide bonds. The fourth-order valence-corrected chi connectivity index (χ4v) is 1.26. The third-order valence-electron chi connectivity index (χ3n) is 1.60. The zero-order valence-corrected chi connectivity index (χ0v) is 7.69. The van der Waals surface area contributed by atoms with Gasteiger partial charge in [0.15, 0.2) is 0 Å². The molecule has 0 saturated heterocycles. The van der Waals surface area contributed by atoms with Crippen molar-refractivity contribution >= 4 is 12.6 Å².